The summed E-state index contributed by atoms with van der Waals surface area (Å²) in [6.07, 6.45) is -0.490. The van der Waals surface area contributed by atoms with Crippen LogP contribution in [0.3, 0.4) is 0 Å². The Morgan fingerprint density at radius 1 is 1.68 bits per heavy atom. The summed E-state index contributed by atoms with van der Waals surface area (Å²) >= 11 is 1.17. The second-order valence-corrected chi connectivity index (χ2v) is 5.18. The Labute approximate surface area is 115 Å². The minimum atomic E-state index is -0.746. The highest BCUT2D eigenvalue weighted by Crippen LogP contribution is 2.39. The molecule has 1 rings (SSSR count). The van der Waals surface area contributed by atoms with Gasteiger partial charge in [-0.25, -0.2) is 0 Å². The average Bonchev–Trinajstić information content (AvgIpc) is 2.80. The summed E-state index contributed by atoms with van der Waals surface area (Å²) in [6.45, 7) is 1.93. The van der Waals surface area contributed by atoms with Crippen LogP contribution in [0.15, 0.2) is 6.07 Å². The number of nitro groups is 1. The van der Waals surface area contributed by atoms with E-state index in [-0.39, 0.29) is 18.0 Å². The van der Waals surface area contributed by atoms with Crippen molar-refractivity contribution in [3.8, 4) is 0 Å². The van der Waals surface area contributed by atoms with Gasteiger partial charge in [0.25, 0.3) is 0 Å². The Kier molecular flexibility index (Phi) is 5.25. The predicted octanol–water partition coefficient (Wildman–Crippen LogP) is 1.28. The van der Waals surface area contributed by atoms with Crippen LogP contribution in [-0.4, -0.2) is 36.6 Å². The third-order valence-electron chi connectivity index (χ3n) is 2.62. The molecule has 0 aliphatic rings. The fourth-order valence-electron chi connectivity index (χ4n) is 1.50. The molecular formula is C11H17N3O4S. The van der Waals surface area contributed by atoms with Crippen LogP contribution in [0, 0.1) is 10.1 Å². The first-order valence-electron chi connectivity index (χ1n) is 5.74. The molecule has 106 valence electrons. The quantitative estimate of drug-likeness (QED) is 0.607. The van der Waals surface area contributed by atoms with Crippen molar-refractivity contribution in [3.63, 3.8) is 0 Å². The van der Waals surface area contributed by atoms with Crippen molar-refractivity contribution < 1.29 is 14.8 Å². The number of aliphatic hydroxyl groups excluding tert-OH is 1. The van der Waals surface area contributed by atoms with E-state index in [2.05, 4.69) is 5.32 Å². The molecule has 1 atom stereocenters. The first-order valence-corrected chi connectivity index (χ1v) is 6.56. The van der Waals surface area contributed by atoms with Gasteiger partial charge in [-0.15, -0.1) is 11.3 Å². The molecule has 0 aliphatic carbocycles. The highest BCUT2D eigenvalue weighted by molar-refractivity contribution is 7.16. The van der Waals surface area contributed by atoms with Crippen LogP contribution in [0.2, 0.25) is 0 Å². The maximum absolute atomic E-state index is 11.2. The van der Waals surface area contributed by atoms with Crippen molar-refractivity contribution in [1.29, 1.82) is 0 Å². The van der Waals surface area contributed by atoms with Gasteiger partial charge in [0.15, 0.2) is 5.00 Å². The molecule has 0 aromatic carbocycles. The molecule has 7 nitrogen and oxygen atoms in total. The second kappa shape index (κ2) is 6.48. The molecule has 0 saturated heterocycles. The minimum absolute atomic E-state index is 0.0414. The number of amides is 1. The van der Waals surface area contributed by atoms with Gasteiger partial charge < -0.3 is 15.3 Å². The molecule has 0 aliphatic heterocycles. The van der Waals surface area contributed by atoms with Crippen LogP contribution < -0.4 is 10.2 Å². The summed E-state index contributed by atoms with van der Waals surface area (Å²) in [5.74, 6) is -0.123. The van der Waals surface area contributed by atoms with Crippen molar-refractivity contribution in [1.82, 2.24) is 5.32 Å². The molecular weight excluding hydrogens is 270 g/mol. The SMILES string of the molecule is CNC(=O)CCN(C)c1sc([C@@H](C)O)cc1[N+](=O)[O-]. The summed E-state index contributed by atoms with van der Waals surface area (Å²) in [6, 6.07) is 1.38. The number of aliphatic hydroxyl groups is 1. The van der Waals surface area contributed by atoms with E-state index in [0.717, 1.165) is 0 Å². The van der Waals surface area contributed by atoms with E-state index >= 15 is 0 Å². The number of anilines is 1. The van der Waals surface area contributed by atoms with Gasteiger partial charge in [-0.05, 0) is 6.92 Å². The third-order valence-corrected chi connectivity index (χ3v) is 4.03. The van der Waals surface area contributed by atoms with Gasteiger partial charge in [-0.2, -0.15) is 0 Å². The van der Waals surface area contributed by atoms with Crippen molar-refractivity contribution in [2.24, 2.45) is 0 Å². The fraction of sp³-hybridized carbons (Fsp3) is 0.545. The molecule has 8 heteroatoms. The largest absolute Gasteiger partial charge is 0.388 e. The van der Waals surface area contributed by atoms with E-state index in [9.17, 15) is 20.0 Å². The topological polar surface area (TPSA) is 95.7 Å². The zero-order chi connectivity index (χ0) is 14.6. The number of rotatable bonds is 6. The lowest BCUT2D eigenvalue weighted by Crippen LogP contribution is -2.26. The summed E-state index contributed by atoms with van der Waals surface area (Å²) in [4.78, 5) is 23.9. The highest BCUT2D eigenvalue weighted by Gasteiger charge is 2.23. The molecule has 1 amide bonds. The number of carbonyl (C=O) groups excluding carboxylic acids is 1. The van der Waals surface area contributed by atoms with Crippen molar-refractivity contribution in [2.75, 3.05) is 25.5 Å². The van der Waals surface area contributed by atoms with Crippen molar-refractivity contribution in [3.05, 3.63) is 21.1 Å². The Bertz CT molecular complexity index is 473. The van der Waals surface area contributed by atoms with Crippen LogP contribution in [0.4, 0.5) is 10.7 Å². The van der Waals surface area contributed by atoms with Crippen molar-refractivity contribution >= 4 is 27.9 Å². The van der Waals surface area contributed by atoms with Crippen LogP contribution in [0.1, 0.15) is 24.3 Å². The maximum Gasteiger partial charge on any atom is 0.304 e. The third kappa shape index (κ3) is 3.90. The molecule has 19 heavy (non-hydrogen) atoms. The van der Waals surface area contributed by atoms with E-state index in [1.165, 1.54) is 17.4 Å². The average molecular weight is 287 g/mol. The van der Waals surface area contributed by atoms with Crippen LogP contribution >= 0.6 is 11.3 Å². The Morgan fingerprint density at radius 3 is 2.79 bits per heavy atom. The summed E-state index contributed by atoms with van der Waals surface area (Å²) < 4.78 is 0. The van der Waals surface area contributed by atoms with E-state index in [0.29, 0.717) is 16.4 Å². The van der Waals surface area contributed by atoms with Crippen LogP contribution in [-0.2, 0) is 4.79 Å². The Balaban J connectivity index is 2.91. The summed E-state index contributed by atoms with van der Waals surface area (Å²) in [5.41, 5.74) is -0.0414. The number of carbonyl (C=O) groups is 1. The minimum Gasteiger partial charge on any atom is -0.388 e. The van der Waals surface area contributed by atoms with Gasteiger partial charge in [0, 0.05) is 38.0 Å². The zero-order valence-corrected chi connectivity index (χ0v) is 11.9. The molecule has 0 spiro atoms. The lowest BCUT2D eigenvalue weighted by Gasteiger charge is -2.15. The second-order valence-electron chi connectivity index (χ2n) is 4.12. The number of thiophene rings is 1. The predicted molar refractivity (Wildman–Crippen MR) is 73.6 cm³/mol. The van der Waals surface area contributed by atoms with Gasteiger partial charge >= 0.3 is 5.69 Å². The lowest BCUT2D eigenvalue weighted by atomic mass is 10.3. The molecule has 1 aromatic heterocycles. The number of hydrogen-bond acceptors (Lipinski definition) is 6. The first kappa shape index (κ1) is 15.4. The molecule has 0 fully saturated rings. The highest BCUT2D eigenvalue weighted by atomic mass is 32.1. The van der Waals surface area contributed by atoms with Gasteiger partial charge in [-0.3, -0.25) is 14.9 Å². The molecule has 1 heterocycles. The lowest BCUT2D eigenvalue weighted by molar-refractivity contribution is -0.383. The van der Waals surface area contributed by atoms with E-state index < -0.39 is 11.0 Å². The van der Waals surface area contributed by atoms with E-state index in [4.69, 9.17) is 0 Å². The van der Waals surface area contributed by atoms with E-state index in [1.807, 2.05) is 0 Å². The molecule has 2 N–H and O–H groups in total. The van der Waals surface area contributed by atoms with Gasteiger partial charge in [-0.1, -0.05) is 0 Å². The van der Waals surface area contributed by atoms with Gasteiger partial charge in [0.05, 0.1) is 11.0 Å². The Morgan fingerprint density at radius 2 is 2.32 bits per heavy atom. The molecule has 0 radical (unpaired) electrons. The smallest absolute Gasteiger partial charge is 0.304 e. The van der Waals surface area contributed by atoms with Crippen LogP contribution in [0.5, 0.6) is 0 Å². The number of hydrogen-bond donors (Lipinski definition) is 2. The van der Waals surface area contributed by atoms with E-state index in [1.54, 1.807) is 25.9 Å². The standard InChI is InChI=1S/C11H17N3O4S/c1-7(15)9-6-8(14(17)18)11(19-9)13(3)5-4-10(16)12-2/h6-7,15H,4-5H2,1-3H3,(H,12,16)/t7-/m1/s1. The molecule has 1 aromatic rings. The van der Waals surface area contributed by atoms with Crippen LogP contribution in [0.25, 0.3) is 0 Å². The first-order chi connectivity index (χ1) is 8.86. The normalized spacial score (nSPS) is 12.0. The number of nitrogens with zero attached hydrogens (tertiary/aromatic N) is 2. The fourth-order valence-corrected chi connectivity index (χ4v) is 2.55. The Hall–Kier alpha value is -1.67. The number of nitrogens with one attached hydrogen (secondary N) is 1. The maximum atomic E-state index is 11.2. The molecule has 0 unspecified atom stereocenters. The summed E-state index contributed by atoms with van der Waals surface area (Å²) in [5, 5.41) is 23.4. The summed E-state index contributed by atoms with van der Waals surface area (Å²) in [7, 11) is 3.23. The van der Waals surface area contributed by atoms with Gasteiger partial charge in [0.1, 0.15) is 0 Å². The monoisotopic (exact) mass is 287 g/mol. The molecule has 0 saturated carbocycles. The van der Waals surface area contributed by atoms with Gasteiger partial charge in [0.2, 0.25) is 5.91 Å². The molecule has 0 bridgehead atoms. The van der Waals surface area contributed by atoms with Crippen molar-refractivity contribution in [2.45, 2.75) is 19.4 Å². The zero-order valence-electron chi connectivity index (χ0n) is 11.0.